The molecule has 0 aliphatic carbocycles. The van der Waals surface area contributed by atoms with E-state index in [9.17, 15) is 9.59 Å². The van der Waals surface area contributed by atoms with E-state index in [1.165, 1.54) is 0 Å². The molecule has 0 spiro atoms. The van der Waals surface area contributed by atoms with Crippen LogP contribution in [-0.4, -0.2) is 28.8 Å². The summed E-state index contributed by atoms with van der Waals surface area (Å²) < 4.78 is 0.938. The third-order valence-electron chi connectivity index (χ3n) is 7.30. The average molecular weight is 598 g/mol. The molecule has 4 aromatic rings. The van der Waals surface area contributed by atoms with Crippen molar-refractivity contribution >= 4 is 27.7 Å². The van der Waals surface area contributed by atoms with Crippen molar-refractivity contribution in [2.45, 2.75) is 57.7 Å². The maximum Gasteiger partial charge on any atom is 0.243 e. The van der Waals surface area contributed by atoms with Crippen LogP contribution in [0.25, 0.3) is 0 Å². The van der Waals surface area contributed by atoms with Crippen molar-refractivity contribution < 1.29 is 9.59 Å². The Bertz CT molecular complexity index is 1320. The summed E-state index contributed by atoms with van der Waals surface area (Å²) >= 11 is 3.57. The minimum absolute atomic E-state index is 0.00924. The summed E-state index contributed by atoms with van der Waals surface area (Å²) in [4.78, 5) is 30.0. The number of halogens is 1. The molecule has 40 heavy (non-hydrogen) atoms. The number of hydrogen-bond donors (Lipinski definition) is 1. The molecule has 4 rings (SSSR count). The number of nitrogens with one attached hydrogen (secondary N) is 1. The molecule has 1 N–H and O–H groups in total. The zero-order valence-electron chi connectivity index (χ0n) is 23.2. The highest BCUT2D eigenvalue weighted by atomic mass is 79.9. The highest BCUT2D eigenvalue weighted by Gasteiger charge is 2.32. The van der Waals surface area contributed by atoms with Crippen molar-refractivity contribution in [3.05, 3.63) is 142 Å². The zero-order chi connectivity index (χ0) is 28.3. The fraction of sp³-hybridized carbons (Fsp3) is 0.257. The molecule has 0 aromatic heterocycles. The summed E-state index contributed by atoms with van der Waals surface area (Å²) in [5.74, 6) is -0.314. The first-order chi connectivity index (χ1) is 19.4. The normalized spacial score (nSPS) is 12.5. The van der Waals surface area contributed by atoms with Gasteiger partial charge in [0.25, 0.3) is 0 Å². The first-order valence-corrected chi connectivity index (χ1v) is 14.7. The van der Waals surface area contributed by atoms with Crippen LogP contribution in [0.1, 0.15) is 54.9 Å². The molecule has 206 valence electrons. The Hall–Kier alpha value is -3.70. The Labute approximate surface area is 246 Å². The van der Waals surface area contributed by atoms with Gasteiger partial charge in [0.2, 0.25) is 11.8 Å². The van der Waals surface area contributed by atoms with E-state index in [4.69, 9.17) is 0 Å². The highest BCUT2D eigenvalue weighted by Crippen LogP contribution is 2.30. The topological polar surface area (TPSA) is 49.4 Å². The lowest BCUT2D eigenvalue weighted by molar-refractivity contribution is -0.141. The molecule has 0 unspecified atom stereocenters. The summed E-state index contributed by atoms with van der Waals surface area (Å²) in [5.41, 5.74) is 4.14. The Morgan fingerprint density at radius 3 is 1.88 bits per heavy atom. The maximum absolute atomic E-state index is 14.4. The summed E-state index contributed by atoms with van der Waals surface area (Å²) in [7, 11) is 0. The summed E-state index contributed by atoms with van der Waals surface area (Å²) in [6.45, 7) is 4.38. The van der Waals surface area contributed by atoms with Gasteiger partial charge in [-0.25, -0.2) is 0 Å². The second kappa shape index (κ2) is 14.6. The summed E-state index contributed by atoms with van der Waals surface area (Å²) in [6, 6.07) is 37.5. The number of carbonyl (C=O) groups excluding carboxylic acids is 2. The molecule has 5 heteroatoms. The SMILES string of the molecule is CC[C@H](C)NC(=O)[C@H](Cc1ccccc1)N(Cc1cccc(Br)c1)C(=O)CC(c1ccccc1)c1ccccc1. The van der Waals surface area contributed by atoms with Crippen molar-refractivity contribution in [3.8, 4) is 0 Å². The van der Waals surface area contributed by atoms with Gasteiger partial charge >= 0.3 is 0 Å². The number of rotatable bonds is 12. The van der Waals surface area contributed by atoms with Gasteiger partial charge in [-0.3, -0.25) is 9.59 Å². The van der Waals surface area contributed by atoms with Crippen LogP contribution in [0.4, 0.5) is 0 Å². The highest BCUT2D eigenvalue weighted by molar-refractivity contribution is 9.10. The average Bonchev–Trinajstić information content (AvgIpc) is 2.99. The Morgan fingerprint density at radius 1 is 0.775 bits per heavy atom. The van der Waals surface area contributed by atoms with Crippen molar-refractivity contribution in [3.63, 3.8) is 0 Å². The molecule has 0 aliphatic rings. The molecule has 4 aromatic carbocycles. The summed E-state index contributed by atoms with van der Waals surface area (Å²) in [5, 5.41) is 3.16. The van der Waals surface area contributed by atoms with Gasteiger partial charge in [-0.05, 0) is 47.7 Å². The maximum atomic E-state index is 14.4. The van der Waals surface area contributed by atoms with Crippen LogP contribution < -0.4 is 5.32 Å². The molecule has 0 fully saturated rings. The third kappa shape index (κ3) is 8.15. The van der Waals surface area contributed by atoms with E-state index in [1.54, 1.807) is 4.90 Å². The van der Waals surface area contributed by atoms with Crippen LogP contribution in [0.3, 0.4) is 0 Å². The standard InChI is InChI=1S/C35H37BrN2O2/c1-3-26(2)37-35(40)33(23-27-14-7-4-8-15-27)38(25-28-16-13-21-31(36)22-28)34(39)24-32(29-17-9-5-10-18-29)30-19-11-6-12-20-30/h4-22,26,32-33H,3,23-25H2,1-2H3,(H,37,40)/t26-,33-/m0/s1. The molecule has 0 saturated heterocycles. The van der Waals surface area contributed by atoms with Gasteiger partial charge in [-0.1, -0.05) is 126 Å². The molecular weight excluding hydrogens is 560 g/mol. The Morgan fingerprint density at radius 2 is 1.32 bits per heavy atom. The lowest BCUT2D eigenvalue weighted by Gasteiger charge is -2.33. The van der Waals surface area contributed by atoms with Crippen molar-refractivity contribution in [2.75, 3.05) is 0 Å². The molecule has 4 nitrogen and oxygen atoms in total. The molecule has 0 saturated carbocycles. The molecule has 2 atom stereocenters. The van der Waals surface area contributed by atoms with E-state index < -0.39 is 6.04 Å². The van der Waals surface area contributed by atoms with E-state index in [0.29, 0.717) is 13.0 Å². The smallest absolute Gasteiger partial charge is 0.243 e. The Kier molecular flexibility index (Phi) is 10.7. The minimum Gasteiger partial charge on any atom is -0.352 e. The van der Waals surface area contributed by atoms with E-state index in [1.807, 2.05) is 105 Å². The van der Waals surface area contributed by atoms with Gasteiger partial charge in [0.15, 0.2) is 0 Å². The van der Waals surface area contributed by atoms with Crippen LogP contribution >= 0.6 is 15.9 Å². The van der Waals surface area contributed by atoms with Gasteiger partial charge in [0.1, 0.15) is 6.04 Å². The van der Waals surface area contributed by atoms with Crippen LogP contribution in [0.5, 0.6) is 0 Å². The number of hydrogen-bond acceptors (Lipinski definition) is 2. The zero-order valence-corrected chi connectivity index (χ0v) is 24.8. The van der Waals surface area contributed by atoms with Gasteiger partial charge in [-0.15, -0.1) is 0 Å². The van der Waals surface area contributed by atoms with Crippen molar-refractivity contribution in [2.24, 2.45) is 0 Å². The quantitative estimate of drug-likeness (QED) is 0.184. The molecule has 0 aliphatic heterocycles. The number of benzene rings is 4. The molecule has 0 heterocycles. The van der Waals surface area contributed by atoms with Crippen LogP contribution in [0, 0.1) is 0 Å². The van der Waals surface area contributed by atoms with E-state index in [-0.39, 0.29) is 30.2 Å². The number of amides is 2. The van der Waals surface area contributed by atoms with Crippen LogP contribution in [0.2, 0.25) is 0 Å². The lowest BCUT2D eigenvalue weighted by atomic mass is 9.87. The number of nitrogens with zero attached hydrogens (tertiary/aromatic N) is 1. The fourth-order valence-electron chi connectivity index (χ4n) is 4.92. The molecule has 0 radical (unpaired) electrons. The predicted octanol–water partition coefficient (Wildman–Crippen LogP) is 7.53. The fourth-order valence-corrected chi connectivity index (χ4v) is 5.36. The van der Waals surface area contributed by atoms with Crippen LogP contribution in [0.15, 0.2) is 120 Å². The van der Waals surface area contributed by atoms with Crippen molar-refractivity contribution in [1.29, 1.82) is 0 Å². The largest absolute Gasteiger partial charge is 0.352 e. The third-order valence-corrected chi connectivity index (χ3v) is 7.79. The minimum atomic E-state index is -0.657. The monoisotopic (exact) mass is 596 g/mol. The number of carbonyl (C=O) groups is 2. The first-order valence-electron chi connectivity index (χ1n) is 13.9. The second-order valence-corrected chi connectivity index (χ2v) is 11.2. The Balaban J connectivity index is 1.74. The van der Waals surface area contributed by atoms with E-state index >= 15 is 0 Å². The van der Waals surface area contributed by atoms with Gasteiger partial charge in [-0.2, -0.15) is 0 Å². The van der Waals surface area contributed by atoms with Gasteiger partial charge in [0.05, 0.1) is 0 Å². The molecular formula is C35H37BrN2O2. The second-order valence-electron chi connectivity index (χ2n) is 10.3. The van der Waals surface area contributed by atoms with Crippen molar-refractivity contribution in [1.82, 2.24) is 10.2 Å². The first kappa shape index (κ1) is 29.3. The predicted molar refractivity (Wildman–Crippen MR) is 166 cm³/mol. The van der Waals surface area contributed by atoms with Crippen LogP contribution in [-0.2, 0) is 22.6 Å². The lowest BCUT2D eigenvalue weighted by Crippen LogP contribution is -2.52. The van der Waals surface area contributed by atoms with Gasteiger partial charge < -0.3 is 10.2 Å². The van der Waals surface area contributed by atoms with E-state index in [2.05, 4.69) is 45.5 Å². The molecule has 0 bridgehead atoms. The summed E-state index contributed by atoms with van der Waals surface area (Å²) in [6.07, 6.45) is 1.50. The molecule has 2 amide bonds. The van der Waals surface area contributed by atoms with E-state index in [0.717, 1.165) is 33.1 Å². The van der Waals surface area contributed by atoms with Gasteiger partial charge in [0, 0.05) is 35.8 Å².